The monoisotopic (exact) mass is 895 g/mol. The zero-order valence-electron chi connectivity index (χ0n) is 37.3. The summed E-state index contributed by atoms with van der Waals surface area (Å²) in [5.41, 5.74) is 31.4. The number of amides is 6. The molecular formula is C47H66N12O6. The standard InChI is InChI=1S/C47H66N12O6/c1-3-29(2)40(46(65)58-37(25-30-15-6-4-7-16-30)43(62)55-36(41(50)60)22-12-13-23-48)59-45(64)38(26-31-17-8-5-9-18-31)57-44(63)39(27-32-28-54-35-21-11-10-19-33(32)35)56-42(61)34(49)20-14-24-53-47(51)52/h4-11,15-19,21,28-29,34,36-40,54H,3,12-14,20,22-27,48-49H2,1-2H3,(H2,50,60)(H,55,62)(H,56,61)(H,57,63)(H,58,65)(H,59,64)(H4,51,52,53)/t29-,34+,36-,37-,38-,39+,40-/m1/s1. The molecule has 1 heterocycles. The number of aliphatic imine (C=N–C) groups is 1. The number of carbonyl (C=O) groups excluding carboxylic acids is 6. The lowest BCUT2D eigenvalue weighted by Crippen LogP contribution is -2.61. The minimum atomic E-state index is -1.23. The highest BCUT2D eigenvalue weighted by Gasteiger charge is 2.35. The predicted molar refractivity (Wildman–Crippen MR) is 251 cm³/mol. The van der Waals surface area contributed by atoms with E-state index in [4.69, 9.17) is 28.7 Å². The summed E-state index contributed by atoms with van der Waals surface area (Å²) in [4.78, 5) is 90.2. The molecule has 0 bridgehead atoms. The maximum Gasteiger partial charge on any atom is 0.243 e. The molecule has 0 aliphatic rings. The highest BCUT2D eigenvalue weighted by Crippen LogP contribution is 2.20. The predicted octanol–water partition coefficient (Wildman–Crippen LogP) is 0.661. The zero-order chi connectivity index (χ0) is 47.3. The van der Waals surface area contributed by atoms with E-state index < -0.39 is 77.6 Å². The Morgan fingerprint density at radius 1 is 0.615 bits per heavy atom. The van der Waals surface area contributed by atoms with E-state index in [1.165, 1.54) is 0 Å². The van der Waals surface area contributed by atoms with Crippen LogP contribution >= 0.6 is 0 Å². The molecule has 65 heavy (non-hydrogen) atoms. The number of guanidine groups is 1. The molecule has 6 amide bonds. The average molecular weight is 895 g/mol. The van der Waals surface area contributed by atoms with Gasteiger partial charge in [-0.05, 0) is 67.3 Å². The second kappa shape index (κ2) is 26.1. The molecule has 16 N–H and O–H groups in total. The number of fused-ring (bicyclic) bond motifs is 1. The Labute approximate surface area is 380 Å². The SMILES string of the molecule is CC[C@@H](C)[C@@H](NC(=O)[C@@H](Cc1ccccc1)NC(=O)[C@H](Cc1c[nH]c2ccccc12)NC(=O)[C@@H](N)CCCN=C(N)N)C(=O)N[C@H](Cc1ccccc1)C(=O)N[C@H](CCCCN)C(N)=O. The zero-order valence-corrected chi connectivity index (χ0v) is 37.3. The molecule has 0 unspecified atom stereocenters. The van der Waals surface area contributed by atoms with Crippen LogP contribution in [0, 0.1) is 5.92 Å². The van der Waals surface area contributed by atoms with Crippen LogP contribution in [0.5, 0.6) is 0 Å². The third-order valence-corrected chi connectivity index (χ3v) is 11.3. The molecule has 0 saturated carbocycles. The van der Waals surface area contributed by atoms with Crippen molar-refractivity contribution < 1.29 is 28.8 Å². The van der Waals surface area contributed by atoms with Crippen LogP contribution in [0.2, 0.25) is 0 Å². The van der Waals surface area contributed by atoms with Gasteiger partial charge in [-0.25, -0.2) is 0 Å². The first-order chi connectivity index (χ1) is 31.2. The molecule has 0 fully saturated rings. The van der Waals surface area contributed by atoms with E-state index in [2.05, 4.69) is 36.6 Å². The lowest BCUT2D eigenvalue weighted by atomic mass is 9.96. The summed E-state index contributed by atoms with van der Waals surface area (Å²) >= 11 is 0. The van der Waals surface area contributed by atoms with Gasteiger partial charge in [0.15, 0.2) is 5.96 Å². The number of unbranched alkanes of at least 4 members (excludes halogenated alkanes) is 1. The van der Waals surface area contributed by atoms with E-state index in [1.54, 1.807) is 61.7 Å². The minimum Gasteiger partial charge on any atom is -0.370 e. The number of primary amides is 1. The third kappa shape index (κ3) is 16.4. The van der Waals surface area contributed by atoms with Crippen molar-refractivity contribution in [3.63, 3.8) is 0 Å². The molecule has 1 aromatic heterocycles. The number of aromatic amines is 1. The first-order valence-electron chi connectivity index (χ1n) is 22.2. The third-order valence-electron chi connectivity index (χ3n) is 11.3. The largest absolute Gasteiger partial charge is 0.370 e. The van der Waals surface area contributed by atoms with E-state index in [0.717, 1.165) is 22.0 Å². The van der Waals surface area contributed by atoms with Gasteiger partial charge >= 0.3 is 0 Å². The number of nitrogens with two attached hydrogens (primary N) is 5. The van der Waals surface area contributed by atoms with Crippen molar-refractivity contribution in [1.82, 2.24) is 31.6 Å². The lowest BCUT2D eigenvalue weighted by Gasteiger charge is -2.29. The number of H-pyrrole nitrogens is 1. The van der Waals surface area contributed by atoms with Crippen LogP contribution < -0.4 is 55.3 Å². The molecule has 4 rings (SSSR count). The van der Waals surface area contributed by atoms with Gasteiger partial charge in [0, 0.05) is 42.9 Å². The van der Waals surface area contributed by atoms with Gasteiger partial charge < -0.3 is 60.2 Å². The van der Waals surface area contributed by atoms with E-state index in [0.29, 0.717) is 37.8 Å². The number of para-hydroxylation sites is 1. The quantitative estimate of drug-likeness (QED) is 0.0226. The van der Waals surface area contributed by atoms with Crippen LogP contribution in [0.3, 0.4) is 0 Å². The Hall–Kier alpha value is -6.79. The summed E-state index contributed by atoms with van der Waals surface area (Å²) in [6.07, 6.45) is 4.46. The van der Waals surface area contributed by atoms with Gasteiger partial charge in [-0.3, -0.25) is 33.8 Å². The number of benzene rings is 3. The van der Waals surface area contributed by atoms with Crippen molar-refractivity contribution in [3.05, 3.63) is 108 Å². The normalized spacial score (nSPS) is 14.3. The topological polar surface area (TPSA) is 321 Å². The molecule has 7 atom stereocenters. The number of aromatic nitrogens is 1. The molecule has 0 radical (unpaired) electrons. The number of nitrogens with zero attached hydrogens (tertiary/aromatic N) is 1. The number of carbonyl (C=O) groups is 6. The second-order valence-electron chi connectivity index (χ2n) is 16.3. The molecule has 350 valence electrons. The van der Waals surface area contributed by atoms with Gasteiger partial charge in [0.05, 0.1) is 6.04 Å². The molecule has 18 nitrogen and oxygen atoms in total. The van der Waals surface area contributed by atoms with Crippen molar-refractivity contribution in [1.29, 1.82) is 0 Å². The Morgan fingerprint density at radius 2 is 1.14 bits per heavy atom. The van der Waals surface area contributed by atoms with Gasteiger partial charge in [0.25, 0.3) is 0 Å². The van der Waals surface area contributed by atoms with Crippen molar-refractivity contribution in [2.24, 2.45) is 39.6 Å². The summed E-state index contributed by atoms with van der Waals surface area (Å²) in [6, 6.07) is 18.9. The lowest BCUT2D eigenvalue weighted by molar-refractivity contribution is -0.135. The maximum atomic E-state index is 14.5. The first kappa shape index (κ1) is 50.9. The fourth-order valence-corrected chi connectivity index (χ4v) is 7.32. The van der Waals surface area contributed by atoms with Crippen LogP contribution in [-0.2, 0) is 48.0 Å². The molecule has 0 spiro atoms. The van der Waals surface area contributed by atoms with Crippen molar-refractivity contribution in [2.75, 3.05) is 13.1 Å². The molecule has 0 saturated heterocycles. The number of hydrogen-bond donors (Lipinski definition) is 11. The Bertz CT molecular complexity index is 2200. The fraction of sp³-hybridized carbons (Fsp3) is 0.426. The van der Waals surface area contributed by atoms with E-state index in [9.17, 15) is 28.8 Å². The van der Waals surface area contributed by atoms with Crippen molar-refractivity contribution >= 4 is 52.3 Å². The molecular weight excluding hydrogens is 829 g/mol. The summed E-state index contributed by atoms with van der Waals surface area (Å²) in [7, 11) is 0. The molecule has 0 aliphatic heterocycles. The number of nitrogens with one attached hydrogen (secondary N) is 6. The maximum absolute atomic E-state index is 14.5. The Balaban J connectivity index is 1.61. The second-order valence-corrected chi connectivity index (χ2v) is 16.3. The van der Waals surface area contributed by atoms with E-state index >= 15 is 0 Å². The van der Waals surface area contributed by atoms with Crippen molar-refractivity contribution in [2.45, 2.75) is 108 Å². The van der Waals surface area contributed by atoms with Gasteiger partial charge in [-0.2, -0.15) is 0 Å². The van der Waals surface area contributed by atoms with Crippen LogP contribution in [0.1, 0.15) is 69.1 Å². The van der Waals surface area contributed by atoms with Crippen molar-refractivity contribution in [3.8, 4) is 0 Å². The van der Waals surface area contributed by atoms with E-state index in [-0.39, 0.29) is 44.6 Å². The fourth-order valence-electron chi connectivity index (χ4n) is 7.32. The van der Waals surface area contributed by atoms with Gasteiger partial charge in [0.2, 0.25) is 35.4 Å². The Kier molecular flexibility index (Phi) is 20.4. The van der Waals surface area contributed by atoms with Gasteiger partial charge in [-0.15, -0.1) is 0 Å². The average Bonchev–Trinajstić information content (AvgIpc) is 3.71. The van der Waals surface area contributed by atoms with E-state index in [1.807, 2.05) is 43.3 Å². The summed E-state index contributed by atoms with van der Waals surface area (Å²) in [6.45, 7) is 4.32. The minimum absolute atomic E-state index is 0.0308. The van der Waals surface area contributed by atoms with Crippen LogP contribution in [-0.4, -0.2) is 95.7 Å². The Morgan fingerprint density at radius 3 is 1.71 bits per heavy atom. The van der Waals surface area contributed by atoms with Crippen LogP contribution in [0.25, 0.3) is 10.9 Å². The molecule has 3 aromatic carbocycles. The first-order valence-corrected chi connectivity index (χ1v) is 22.2. The number of hydrogen-bond acceptors (Lipinski definition) is 9. The van der Waals surface area contributed by atoms with Gasteiger partial charge in [0.1, 0.15) is 30.2 Å². The summed E-state index contributed by atoms with van der Waals surface area (Å²) in [5, 5.41) is 14.9. The van der Waals surface area contributed by atoms with Gasteiger partial charge in [-0.1, -0.05) is 99.1 Å². The molecule has 18 heteroatoms. The van der Waals surface area contributed by atoms with Crippen LogP contribution in [0.15, 0.2) is 96.1 Å². The summed E-state index contributed by atoms with van der Waals surface area (Å²) < 4.78 is 0. The highest BCUT2D eigenvalue weighted by molar-refractivity contribution is 5.97. The highest BCUT2D eigenvalue weighted by atomic mass is 16.2. The van der Waals surface area contributed by atoms with Crippen LogP contribution in [0.4, 0.5) is 0 Å². The summed E-state index contributed by atoms with van der Waals surface area (Å²) in [5.74, 6) is -4.43. The number of rotatable bonds is 27. The smallest absolute Gasteiger partial charge is 0.243 e. The molecule has 4 aromatic rings. The molecule has 0 aliphatic carbocycles.